The summed E-state index contributed by atoms with van der Waals surface area (Å²) in [5, 5.41) is 2.81. The van der Waals surface area contributed by atoms with Gasteiger partial charge >= 0.3 is 0 Å². The summed E-state index contributed by atoms with van der Waals surface area (Å²) in [5.74, 6) is 0.929. The fourth-order valence-corrected chi connectivity index (χ4v) is 4.30. The number of hydrogen-bond acceptors (Lipinski definition) is 6. The number of methoxy groups -OCH3 is 1. The molecule has 1 atom stereocenters. The monoisotopic (exact) mass is 434 g/mol. The second-order valence-electron chi connectivity index (χ2n) is 7.13. The lowest BCUT2D eigenvalue weighted by molar-refractivity contribution is 0.102. The molecule has 162 valence electrons. The molecule has 0 bridgehead atoms. The van der Waals surface area contributed by atoms with Crippen LogP contribution in [0.4, 0.5) is 5.69 Å². The summed E-state index contributed by atoms with van der Waals surface area (Å²) in [6.07, 6.45) is 0.828. The smallest absolute Gasteiger partial charge is 0.255 e. The Bertz CT molecular complexity index is 1070. The van der Waals surface area contributed by atoms with Crippen LogP contribution in [0.2, 0.25) is 0 Å². The van der Waals surface area contributed by atoms with Gasteiger partial charge < -0.3 is 19.5 Å². The Hall–Kier alpha value is -2.78. The van der Waals surface area contributed by atoms with Crippen molar-refractivity contribution in [2.75, 3.05) is 33.1 Å². The topological polar surface area (TPSA) is 94.2 Å². The number of amides is 1. The summed E-state index contributed by atoms with van der Waals surface area (Å²) in [6, 6.07) is 7.88. The van der Waals surface area contributed by atoms with E-state index in [4.69, 9.17) is 14.2 Å². The number of rotatable bonds is 7. The molecular formula is C21H26N2O6S. The van der Waals surface area contributed by atoms with Crippen LogP contribution in [0.3, 0.4) is 0 Å². The van der Waals surface area contributed by atoms with Gasteiger partial charge in [-0.1, -0.05) is 0 Å². The zero-order chi connectivity index (χ0) is 22.1. The first kappa shape index (κ1) is 21.9. The first-order valence-electron chi connectivity index (χ1n) is 9.55. The Morgan fingerprint density at radius 3 is 2.60 bits per heavy atom. The Labute approximate surface area is 176 Å². The van der Waals surface area contributed by atoms with E-state index in [2.05, 4.69) is 5.32 Å². The molecule has 30 heavy (non-hydrogen) atoms. The molecule has 0 aromatic heterocycles. The predicted octanol–water partition coefficient (Wildman–Crippen LogP) is 2.92. The van der Waals surface area contributed by atoms with E-state index >= 15 is 0 Å². The van der Waals surface area contributed by atoms with Crippen molar-refractivity contribution in [1.29, 1.82) is 0 Å². The highest BCUT2D eigenvalue weighted by Crippen LogP contribution is 2.38. The first-order valence-corrected chi connectivity index (χ1v) is 11.0. The second-order valence-corrected chi connectivity index (χ2v) is 9.25. The van der Waals surface area contributed by atoms with Gasteiger partial charge in [0.15, 0.2) is 0 Å². The molecule has 1 aliphatic rings. The molecule has 0 aliphatic carbocycles. The van der Waals surface area contributed by atoms with Crippen molar-refractivity contribution >= 4 is 21.6 Å². The van der Waals surface area contributed by atoms with E-state index < -0.39 is 15.9 Å². The predicted molar refractivity (Wildman–Crippen MR) is 113 cm³/mol. The Morgan fingerprint density at radius 2 is 1.97 bits per heavy atom. The Balaban J connectivity index is 1.96. The molecule has 2 aromatic carbocycles. The van der Waals surface area contributed by atoms with E-state index in [0.29, 0.717) is 23.8 Å². The zero-order valence-electron chi connectivity index (χ0n) is 17.7. The molecule has 0 spiro atoms. The van der Waals surface area contributed by atoms with Gasteiger partial charge in [-0.25, -0.2) is 12.7 Å². The lowest BCUT2D eigenvalue weighted by Crippen LogP contribution is -2.23. The van der Waals surface area contributed by atoms with Crippen molar-refractivity contribution in [3.05, 3.63) is 41.5 Å². The lowest BCUT2D eigenvalue weighted by Gasteiger charge is -2.16. The van der Waals surface area contributed by atoms with Crippen molar-refractivity contribution in [3.8, 4) is 17.2 Å². The van der Waals surface area contributed by atoms with Crippen molar-refractivity contribution in [3.63, 3.8) is 0 Å². The molecule has 8 nitrogen and oxygen atoms in total. The van der Waals surface area contributed by atoms with Crippen LogP contribution in [-0.2, 0) is 16.4 Å². The molecular weight excluding hydrogens is 408 g/mol. The Kier molecular flexibility index (Phi) is 6.23. The molecule has 1 aliphatic heterocycles. The summed E-state index contributed by atoms with van der Waals surface area (Å²) in [5.41, 5.74) is 1.66. The van der Waals surface area contributed by atoms with Crippen LogP contribution in [-0.4, -0.2) is 52.5 Å². The van der Waals surface area contributed by atoms with Crippen molar-refractivity contribution in [2.45, 2.75) is 31.3 Å². The number of nitrogens with zero attached hydrogens (tertiary/aromatic N) is 1. The number of hydrogen-bond donors (Lipinski definition) is 1. The number of nitrogens with one attached hydrogen (secondary N) is 1. The SMILES string of the molecule is CCOc1cc2c(cc1NC(=O)c1ccc(OC)c(S(=O)(=O)N(C)C)c1)OC(C)C2. The summed E-state index contributed by atoms with van der Waals surface area (Å²) >= 11 is 0. The molecule has 1 unspecified atom stereocenters. The standard InChI is InChI=1S/C21H26N2O6S/c1-6-28-19-10-15-9-13(2)29-18(15)12-16(19)22-21(24)14-7-8-17(27-5)20(11-14)30(25,26)23(3)4/h7-8,10-13H,6,9H2,1-5H3,(H,22,24). The molecule has 0 saturated carbocycles. The van der Waals surface area contributed by atoms with Gasteiger partial charge in [0.2, 0.25) is 10.0 Å². The van der Waals surface area contributed by atoms with E-state index in [9.17, 15) is 13.2 Å². The van der Waals surface area contributed by atoms with Gasteiger partial charge in [0.25, 0.3) is 5.91 Å². The van der Waals surface area contributed by atoms with E-state index in [1.807, 2.05) is 19.9 Å². The fourth-order valence-electron chi connectivity index (χ4n) is 3.22. The number of fused-ring (bicyclic) bond motifs is 1. The second kappa shape index (κ2) is 8.53. The summed E-state index contributed by atoms with van der Waals surface area (Å²) in [7, 11) is 0.419. The fraction of sp³-hybridized carbons (Fsp3) is 0.381. The van der Waals surface area contributed by atoms with Gasteiger partial charge in [0.05, 0.1) is 19.4 Å². The molecule has 1 heterocycles. The molecule has 9 heteroatoms. The number of sulfonamides is 1. The molecule has 1 N–H and O–H groups in total. The number of ether oxygens (including phenoxy) is 3. The minimum Gasteiger partial charge on any atom is -0.495 e. The maximum atomic E-state index is 12.9. The van der Waals surface area contributed by atoms with Crippen LogP contribution in [0.25, 0.3) is 0 Å². The minimum atomic E-state index is -3.80. The van der Waals surface area contributed by atoms with Gasteiger partial charge in [-0.15, -0.1) is 0 Å². The van der Waals surface area contributed by atoms with Crippen LogP contribution < -0.4 is 19.5 Å². The normalized spacial score (nSPS) is 15.5. The summed E-state index contributed by atoms with van der Waals surface area (Å²) < 4.78 is 42.9. The van der Waals surface area contributed by atoms with Crippen LogP contribution in [0.1, 0.15) is 29.8 Å². The highest BCUT2D eigenvalue weighted by molar-refractivity contribution is 7.89. The molecule has 0 saturated heterocycles. The number of carbonyl (C=O) groups is 1. The largest absolute Gasteiger partial charge is 0.495 e. The highest BCUT2D eigenvalue weighted by atomic mass is 32.2. The lowest BCUT2D eigenvalue weighted by atomic mass is 10.1. The molecule has 3 rings (SSSR count). The van der Waals surface area contributed by atoms with E-state index in [1.54, 1.807) is 6.07 Å². The average molecular weight is 435 g/mol. The van der Waals surface area contributed by atoms with Crippen molar-refractivity contribution in [1.82, 2.24) is 4.31 Å². The van der Waals surface area contributed by atoms with Gasteiger partial charge in [-0.3, -0.25) is 4.79 Å². The van der Waals surface area contributed by atoms with Gasteiger partial charge in [-0.2, -0.15) is 0 Å². The first-order chi connectivity index (χ1) is 14.2. The van der Waals surface area contributed by atoms with Crippen molar-refractivity contribution < 1.29 is 27.4 Å². The maximum Gasteiger partial charge on any atom is 0.255 e. The van der Waals surface area contributed by atoms with Gasteiger partial charge in [-0.05, 0) is 38.1 Å². The summed E-state index contributed by atoms with van der Waals surface area (Å²) in [6.45, 7) is 4.27. The Morgan fingerprint density at radius 1 is 1.23 bits per heavy atom. The zero-order valence-corrected chi connectivity index (χ0v) is 18.5. The van der Waals surface area contributed by atoms with Gasteiger partial charge in [0, 0.05) is 37.7 Å². The summed E-state index contributed by atoms with van der Waals surface area (Å²) in [4.78, 5) is 12.8. The highest BCUT2D eigenvalue weighted by Gasteiger charge is 2.25. The van der Waals surface area contributed by atoms with E-state index in [0.717, 1.165) is 16.3 Å². The maximum absolute atomic E-state index is 12.9. The van der Waals surface area contributed by atoms with Crippen LogP contribution in [0.5, 0.6) is 17.2 Å². The van der Waals surface area contributed by atoms with Crippen LogP contribution in [0.15, 0.2) is 35.2 Å². The van der Waals surface area contributed by atoms with E-state index in [1.165, 1.54) is 39.4 Å². The minimum absolute atomic E-state index is 0.0563. The molecule has 0 radical (unpaired) electrons. The third-order valence-corrected chi connectivity index (χ3v) is 6.57. The quantitative estimate of drug-likeness (QED) is 0.720. The third-order valence-electron chi connectivity index (χ3n) is 4.73. The third kappa shape index (κ3) is 4.22. The number of carbonyl (C=O) groups excluding carboxylic acids is 1. The molecule has 0 fully saturated rings. The van der Waals surface area contributed by atoms with E-state index in [-0.39, 0.29) is 22.3 Å². The molecule has 2 aromatic rings. The van der Waals surface area contributed by atoms with Crippen LogP contribution in [0, 0.1) is 0 Å². The van der Waals surface area contributed by atoms with Gasteiger partial charge in [0.1, 0.15) is 28.2 Å². The van der Waals surface area contributed by atoms with Crippen LogP contribution >= 0.6 is 0 Å². The number of anilines is 1. The van der Waals surface area contributed by atoms with Crippen molar-refractivity contribution in [2.24, 2.45) is 0 Å². The molecule has 1 amide bonds. The average Bonchev–Trinajstić information content (AvgIpc) is 3.06. The number of benzene rings is 2.